The van der Waals surface area contributed by atoms with Gasteiger partial charge >= 0.3 is 0 Å². The zero-order chi connectivity index (χ0) is 17.4. The van der Waals surface area contributed by atoms with Crippen LogP contribution in [0.2, 0.25) is 5.02 Å². The van der Waals surface area contributed by atoms with Crippen molar-refractivity contribution in [3.05, 3.63) is 53.6 Å². The lowest BCUT2D eigenvalue weighted by molar-refractivity contribution is 0.383. The maximum absolute atomic E-state index is 12.7. The smallest absolute Gasteiger partial charge is 0.243 e. The van der Waals surface area contributed by atoms with Crippen LogP contribution in [0, 0.1) is 0 Å². The molecule has 0 radical (unpaired) electrons. The molecule has 2 aromatic carbocycles. The van der Waals surface area contributed by atoms with Crippen molar-refractivity contribution < 1.29 is 8.42 Å². The highest BCUT2D eigenvalue weighted by Gasteiger charge is 2.29. The molecule has 1 aliphatic heterocycles. The molecule has 25 heavy (non-hydrogen) atoms. The number of H-pyrrole nitrogens is 1. The largest absolute Gasteiger partial charge is 0.340 e. The second-order valence-corrected chi connectivity index (χ2v) is 8.30. The molecule has 130 valence electrons. The predicted octanol–water partition coefficient (Wildman–Crippen LogP) is 2.73. The van der Waals surface area contributed by atoms with E-state index in [1.165, 1.54) is 10.4 Å². The second-order valence-electron chi connectivity index (χ2n) is 5.93. The van der Waals surface area contributed by atoms with E-state index in [0.717, 1.165) is 17.0 Å². The molecule has 3 aromatic rings. The summed E-state index contributed by atoms with van der Waals surface area (Å²) in [6.07, 6.45) is 0. The zero-order valence-corrected chi connectivity index (χ0v) is 15.0. The van der Waals surface area contributed by atoms with Crippen LogP contribution in [0.25, 0.3) is 11.0 Å². The summed E-state index contributed by atoms with van der Waals surface area (Å²) in [7, 11) is -3.52. The fourth-order valence-electron chi connectivity index (χ4n) is 3.01. The van der Waals surface area contributed by atoms with Gasteiger partial charge < -0.3 is 9.88 Å². The molecule has 1 fully saturated rings. The summed E-state index contributed by atoms with van der Waals surface area (Å²) in [5, 5.41) is 0.419. The van der Waals surface area contributed by atoms with Crippen LogP contribution >= 0.6 is 11.6 Å². The lowest BCUT2D eigenvalue weighted by atomic mass is 10.3. The molecule has 1 aliphatic rings. The first kappa shape index (κ1) is 16.4. The third-order valence-electron chi connectivity index (χ3n) is 4.35. The van der Waals surface area contributed by atoms with Crippen molar-refractivity contribution in [3.8, 4) is 0 Å². The summed E-state index contributed by atoms with van der Waals surface area (Å²) < 4.78 is 27.0. The molecule has 0 bridgehead atoms. The number of benzene rings is 2. The van der Waals surface area contributed by atoms with E-state index >= 15 is 0 Å². The lowest BCUT2D eigenvalue weighted by Crippen LogP contribution is -2.49. The van der Waals surface area contributed by atoms with Crippen LogP contribution in [0.15, 0.2) is 53.4 Å². The van der Waals surface area contributed by atoms with E-state index in [1.54, 1.807) is 18.2 Å². The molecule has 4 rings (SSSR count). The second kappa shape index (κ2) is 6.33. The number of rotatable bonds is 3. The Hall–Kier alpha value is -2.09. The first-order valence-corrected chi connectivity index (χ1v) is 9.81. The molecule has 0 amide bonds. The highest BCUT2D eigenvalue weighted by atomic mass is 35.5. The molecule has 0 saturated carbocycles. The number of fused-ring (bicyclic) bond motifs is 1. The molecule has 0 spiro atoms. The quantitative estimate of drug-likeness (QED) is 0.763. The van der Waals surface area contributed by atoms with Crippen LogP contribution in [-0.4, -0.2) is 48.9 Å². The number of hydrogen-bond acceptors (Lipinski definition) is 4. The van der Waals surface area contributed by atoms with Gasteiger partial charge in [0.2, 0.25) is 16.0 Å². The van der Waals surface area contributed by atoms with E-state index in [-0.39, 0.29) is 4.90 Å². The Morgan fingerprint density at radius 3 is 2.48 bits per heavy atom. The van der Waals surface area contributed by atoms with E-state index in [4.69, 9.17) is 11.6 Å². The van der Waals surface area contributed by atoms with Gasteiger partial charge in [-0.2, -0.15) is 4.31 Å². The van der Waals surface area contributed by atoms with Crippen molar-refractivity contribution in [1.29, 1.82) is 0 Å². The number of aromatic amines is 1. The van der Waals surface area contributed by atoms with Crippen LogP contribution in [0.1, 0.15) is 0 Å². The lowest BCUT2D eigenvalue weighted by Gasteiger charge is -2.33. The molecule has 1 N–H and O–H groups in total. The summed E-state index contributed by atoms with van der Waals surface area (Å²) in [5.41, 5.74) is 1.89. The molecular weight excluding hydrogens is 360 g/mol. The van der Waals surface area contributed by atoms with Gasteiger partial charge in [-0.15, -0.1) is 0 Å². The average molecular weight is 377 g/mol. The van der Waals surface area contributed by atoms with Crippen LogP contribution in [0.5, 0.6) is 0 Å². The minimum absolute atomic E-state index is 0.234. The van der Waals surface area contributed by atoms with Gasteiger partial charge in [0.25, 0.3) is 0 Å². The van der Waals surface area contributed by atoms with Gasteiger partial charge in [0.05, 0.1) is 15.9 Å². The first-order valence-electron chi connectivity index (χ1n) is 7.99. The van der Waals surface area contributed by atoms with Gasteiger partial charge in [-0.25, -0.2) is 13.4 Å². The molecule has 0 atom stereocenters. The number of nitrogens with zero attached hydrogens (tertiary/aromatic N) is 3. The fraction of sp³-hybridized carbons (Fsp3) is 0.235. The van der Waals surface area contributed by atoms with E-state index in [2.05, 4.69) is 14.9 Å². The Labute approximate surface area is 151 Å². The fourth-order valence-corrected chi connectivity index (χ4v) is 4.73. The highest BCUT2D eigenvalue weighted by molar-refractivity contribution is 7.89. The number of halogens is 1. The number of nitrogens with one attached hydrogen (secondary N) is 1. The zero-order valence-electron chi connectivity index (χ0n) is 13.4. The maximum atomic E-state index is 12.7. The molecule has 0 unspecified atom stereocenters. The summed E-state index contributed by atoms with van der Waals surface area (Å²) in [4.78, 5) is 10.2. The molecule has 1 aromatic heterocycles. The Balaban J connectivity index is 1.51. The monoisotopic (exact) mass is 376 g/mol. The Morgan fingerprint density at radius 1 is 1.00 bits per heavy atom. The van der Waals surface area contributed by atoms with E-state index in [1.807, 2.05) is 24.3 Å². The van der Waals surface area contributed by atoms with Crippen LogP contribution in [0.4, 0.5) is 5.95 Å². The van der Waals surface area contributed by atoms with Crippen LogP contribution < -0.4 is 4.90 Å². The Kier molecular flexibility index (Phi) is 4.15. The van der Waals surface area contributed by atoms with E-state index in [9.17, 15) is 8.42 Å². The molecule has 0 aliphatic carbocycles. The predicted molar refractivity (Wildman–Crippen MR) is 98.5 cm³/mol. The number of hydrogen-bond donors (Lipinski definition) is 1. The summed E-state index contributed by atoms with van der Waals surface area (Å²) in [6.45, 7) is 1.98. The number of piperazine rings is 1. The summed E-state index contributed by atoms with van der Waals surface area (Å²) in [6, 6.07) is 14.2. The van der Waals surface area contributed by atoms with Gasteiger partial charge in [0, 0.05) is 31.2 Å². The SMILES string of the molecule is O=S(=O)(c1cccc(Cl)c1)N1CCN(c2nc3ccccc3[nH]2)CC1. The van der Waals surface area contributed by atoms with E-state index < -0.39 is 10.0 Å². The third kappa shape index (κ3) is 3.10. The van der Waals surface area contributed by atoms with Gasteiger partial charge in [-0.1, -0.05) is 29.8 Å². The van der Waals surface area contributed by atoms with Crippen molar-refractivity contribution in [1.82, 2.24) is 14.3 Å². The number of anilines is 1. The van der Waals surface area contributed by atoms with Crippen LogP contribution in [0.3, 0.4) is 0 Å². The molecule has 6 nitrogen and oxygen atoms in total. The normalized spacial score (nSPS) is 16.4. The summed E-state index contributed by atoms with van der Waals surface area (Å²) >= 11 is 5.93. The molecular formula is C17H17ClN4O2S. The third-order valence-corrected chi connectivity index (χ3v) is 6.48. The highest BCUT2D eigenvalue weighted by Crippen LogP contribution is 2.23. The Bertz CT molecular complexity index is 977. The first-order chi connectivity index (χ1) is 12.0. The van der Waals surface area contributed by atoms with Crippen LogP contribution in [-0.2, 0) is 10.0 Å². The number of sulfonamides is 1. The Morgan fingerprint density at radius 2 is 1.76 bits per heavy atom. The van der Waals surface area contributed by atoms with Gasteiger partial charge in [-0.05, 0) is 30.3 Å². The molecule has 8 heteroatoms. The van der Waals surface area contributed by atoms with Gasteiger partial charge in [0.1, 0.15) is 0 Å². The van der Waals surface area contributed by atoms with Gasteiger partial charge in [0.15, 0.2) is 0 Å². The number of imidazole rings is 1. The minimum atomic E-state index is -3.52. The van der Waals surface area contributed by atoms with Crippen molar-refractivity contribution in [2.45, 2.75) is 4.90 Å². The minimum Gasteiger partial charge on any atom is -0.340 e. The standard InChI is InChI=1S/C17H17ClN4O2S/c18-13-4-3-5-14(12-13)25(23,24)22-10-8-21(9-11-22)17-19-15-6-1-2-7-16(15)20-17/h1-7,12H,8-11H2,(H,19,20). The average Bonchev–Trinajstić information content (AvgIpc) is 3.06. The molecule has 2 heterocycles. The van der Waals surface area contributed by atoms with Crippen molar-refractivity contribution in [2.24, 2.45) is 0 Å². The number of aromatic nitrogens is 2. The molecule has 1 saturated heterocycles. The van der Waals surface area contributed by atoms with Crippen molar-refractivity contribution in [2.75, 3.05) is 31.1 Å². The van der Waals surface area contributed by atoms with Gasteiger partial charge in [-0.3, -0.25) is 0 Å². The van der Waals surface area contributed by atoms with Crippen molar-refractivity contribution >= 4 is 38.6 Å². The van der Waals surface area contributed by atoms with Crippen molar-refractivity contribution in [3.63, 3.8) is 0 Å². The number of para-hydroxylation sites is 2. The maximum Gasteiger partial charge on any atom is 0.243 e. The summed E-state index contributed by atoms with van der Waals surface area (Å²) in [5.74, 6) is 0.779. The van der Waals surface area contributed by atoms with E-state index in [0.29, 0.717) is 31.2 Å². The topological polar surface area (TPSA) is 69.3 Å².